The predicted molar refractivity (Wildman–Crippen MR) is 64.9 cm³/mol. The molecule has 0 atom stereocenters. The summed E-state index contributed by atoms with van der Waals surface area (Å²) in [7, 11) is 0. The molecule has 17 heavy (non-hydrogen) atoms. The van der Waals surface area contributed by atoms with Gasteiger partial charge >= 0.3 is 5.97 Å². The van der Waals surface area contributed by atoms with Crippen molar-refractivity contribution in [2.75, 3.05) is 17.2 Å². The molecule has 7 nitrogen and oxygen atoms in total. The van der Waals surface area contributed by atoms with Crippen molar-refractivity contribution in [1.29, 1.82) is 0 Å². The average molecular weight is 257 g/mol. The highest BCUT2D eigenvalue weighted by Crippen LogP contribution is 2.34. The number of rotatable bonds is 5. The number of carboxylic acid groups (broad SMARTS) is 1. The number of nitro benzene ring substituents is 1. The third-order valence-electron chi connectivity index (χ3n) is 1.90. The lowest BCUT2D eigenvalue weighted by molar-refractivity contribution is -0.384. The van der Waals surface area contributed by atoms with E-state index in [1.807, 2.05) is 0 Å². The first-order valence-corrected chi connectivity index (χ1v) is 5.58. The van der Waals surface area contributed by atoms with Crippen molar-refractivity contribution in [3.05, 3.63) is 22.2 Å². The predicted octanol–water partition coefficient (Wildman–Crippen LogP) is 1.33. The average Bonchev–Trinajstić information content (AvgIpc) is 2.21. The Balaban J connectivity index is 2.86. The van der Waals surface area contributed by atoms with E-state index < -0.39 is 10.9 Å². The second-order valence-corrected chi connectivity index (χ2v) is 4.31. The van der Waals surface area contributed by atoms with Crippen LogP contribution in [-0.2, 0) is 4.79 Å². The van der Waals surface area contributed by atoms with E-state index in [2.05, 4.69) is 0 Å². The van der Waals surface area contributed by atoms with Gasteiger partial charge in [-0.15, -0.1) is 11.8 Å². The van der Waals surface area contributed by atoms with Crippen LogP contribution in [0, 0.1) is 10.1 Å². The van der Waals surface area contributed by atoms with Crippen LogP contribution >= 0.6 is 11.8 Å². The summed E-state index contributed by atoms with van der Waals surface area (Å²) in [6.45, 7) is 0. The summed E-state index contributed by atoms with van der Waals surface area (Å²) in [5.41, 5.74) is 11.4. The van der Waals surface area contributed by atoms with Crippen LogP contribution < -0.4 is 11.5 Å². The highest BCUT2D eigenvalue weighted by molar-refractivity contribution is 7.99. The van der Waals surface area contributed by atoms with E-state index >= 15 is 0 Å². The highest BCUT2D eigenvalue weighted by Gasteiger charge is 2.13. The number of hydrogen-bond acceptors (Lipinski definition) is 6. The molecule has 5 N–H and O–H groups in total. The third-order valence-corrected chi connectivity index (χ3v) is 3.07. The van der Waals surface area contributed by atoms with E-state index in [-0.39, 0.29) is 23.5 Å². The van der Waals surface area contributed by atoms with Crippen molar-refractivity contribution in [3.63, 3.8) is 0 Å². The molecule has 0 aliphatic rings. The Morgan fingerprint density at radius 3 is 2.35 bits per heavy atom. The van der Waals surface area contributed by atoms with Crippen molar-refractivity contribution in [3.8, 4) is 0 Å². The van der Waals surface area contributed by atoms with Crippen LogP contribution in [0.15, 0.2) is 17.0 Å². The minimum atomic E-state index is -0.920. The molecule has 0 bridgehead atoms. The Kier molecular flexibility index (Phi) is 4.16. The zero-order chi connectivity index (χ0) is 13.0. The maximum Gasteiger partial charge on any atom is 0.304 e. The number of nitrogen functional groups attached to an aromatic ring is 2. The summed E-state index contributed by atoms with van der Waals surface area (Å²) >= 11 is 1.17. The minimum Gasteiger partial charge on any atom is -0.481 e. The normalized spacial score (nSPS) is 10.1. The van der Waals surface area contributed by atoms with Gasteiger partial charge < -0.3 is 16.6 Å². The number of aliphatic carboxylic acids is 1. The van der Waals surface area contributed by atoms with Gasteiger partial charge in [0.15, 0.2) is 0 Å². The summed E-state index contributed by atoms with van der Waals surface area (Å²) in [5, 5.41) is 19.0. The molecule has 0 spiro atoms. The van der Waals surface area contributed by atoms with Crippen molar-refractivity contribution in [1.82, 2.24) is 0 Å². The van der Waals surface area contributed by atoms with Crippen LogP contribution in [0.3, 0.4) is 0 Å². The lowest BCUT2D eigenvalue weighted by atomic mass is 10.2. The van der Waals surface area contributed by atoms with Crippen LogP contribution in [0.25, 0.3) is 0 Å². The maximum absolute atomic E-state index is 10.5. The SMILES string of the molecule is Nc1cc([N+](=O)[O-])cc(N)c1SCCC(=O)O. The summed E-state index contributed by atoms with van der Waals surface area (Å²) in [6, 6.07) is 2.42. The fourth-order valence-corrected chi connectivity index (χ4v) is 2.10. The molecule has 0 amide bonds. The molecule has 1 aromatic carbocycles. The Morgan fingerprint density at radius 1 is 1.41 bits per heavy atom. The molecular formula is C9H11N3O4S. The zero-order valence-electron chi connectivity index (χ0n) is 8.75. The standard InChI is InChI=1S/C9H11N3O4S/c10-6-3-5(12(15)16)4-7(11)9(6)17-2-1-8(13)14/h3-4H,1-2,10-11H2,(H,13,14). The number of thioether (sulfide) groups is 1. The maximum atomic E-state index is 10.5. The van der Waals surface area contributed by atoms with Crippen molar-refractivity contribution in [2.24, 2.45) is 0 Å². The minimum absolute atomic E-state index is 0.0272. The molecule has 0 unspecified atom stereocenters. The number of carboxylic acids is 1. The molecular weight excluding hydrogens is 246 g/mol. The highest BCUT2D eigenvalue weighted by atomic mass is 32.2. The molecule has 1 aromatic rings. The second-order valence-electron chi connectivity index (χ2n) is 3.20. The van der Waals surface area contributed by atoms with E-state index in [4.69, 9.17) is 16.6 Å². The molecule has 1 rings (SSSR count). The molecule has 0 aliphatic heterocycles. The van der Waals surface area contributed by atoms with Gasteiger partial charge in [0.25, 0.3) is 5.69 Å². The first-order valence-electron chi connectivity index (χ1n) is 4.59. The number of nitrogens with two attached hydrogens (primary N) is 2. The molecule has 0 saturated heterocycles. The van der Waals surface area contributed by atoms with Gasteiger partial charge in [-0.2, -0.15) is 0 Å². The molecule has 0 aliphatic carbocycles. The van der Waals surface area contributed by atoms with Crippen LogP contribution in [0.1, 0.15) is 6.42 Å². The van der Waals surface area contributed by atoms with E-state index in [0.717, 1.165) is 0 Å². The first kappa shape index (κ1) is 13.1. The molecule has 0 fully saturated rings. The Morgan fingerprint density at radius 2 is 1.94 bits per heavy atom. The van der Waals surface area contributed by atoms with E-state index in [9.17, 15) is 14.9 Å². The van der Waals surface area contributed by atoms with Gasteiger partial charge in [-0.25, -0.2) is 0 Å². The van der Waals surface area contributed by atoms with E-state index in [1.54, 1.807) is 0 Å². The quantitative estimate of drug-likeness (QED) is 0.313. The van der Waals surface area contributed by atoms with Crippen molar-refractivity contribution >= 4 is 34.8 Å². The third kappa shape index (κ3) is 3.52. The number of nitro groups is 1. The topological polar surface area (TPSA) is 132 Å². The van der Waals surface area contributed by atoms with Gasteiger partial charge in [0.1, 0.15) is 0 Å². The lowest BCUT2D eigenvalue weighted by Crippen LogP contribution is -2.00. The van der Waals surface area contributed by atoms with E-state index in [1.165, 1.54) is 23.9 Å². The molecule has 8 heteroatoms. The molecule has 0 saturated carbocycles. The largest absolute Gasteiger partial charge is 0.481 e. The Labute approximate surface area is 101 Å². The van der Waals surface area contributed by atoms with E-state index in [0.29, 0.717) is 10.6 Å². The number of carbonyl (C=O) groups is 1. The molecule has 0 heterocycles. The van der Waals surface area contributed by atoms with Crippen LogP contribution in [0.4, 0.5) is 17.1 Å². The summed E-state index contributed by atoms with van der Waals surface area (Å²) < 4.78 is 0. The molecule has 0 radical (unpaired) electrons. The Hall–Kier alpha value is -1.96. The fraction of sp³-hybridized carbons (Fsp3) is 0.222. The summed E-state index contributed by atoms with van der Waals surface area (Å²) in [4.78, 5) is 20.8. The number of benzene rings is 1. The van der Waals surface area contributed by atoms with Gasteiger partial charge in [-0.3, -0.25) is 14.9 Å². The zero-order valence-corrected chi connectivity index (χ0v) is 9.57. The van der Waals surface area contributed by atoms with Gasteiger partial charge in [0, 0.05) is 17.9 Å². The van der Waals surface area contributed by atoms with Crippen LogP contribution in [0.5, 0.6) is 0 Å². The first-order chi connectivity index (χ1) is 7.91. The molecule has 92 valence electrons. The fourth-order valence-electron chi connectivity index (χ4n) is 1.17. The number of hydrogen-bond donors (Lipinski definition) is 3. The number of non-ortho nitro benzene ring substituents is 1. The van der Waals surface area contributed by atoms with Gasteiger partial charge in [-0.1, -0.05) is 0 Å². The van der Waals surface area contributed by atoms with Gasteiger partial charge in [0.05, 0.1) is 27.6 Å². The second kappa shape index (κ2) is 5.39. The number of nitrogens with zero attached hydrogens (tertiary/aromatic N) is 1. The van der Waals surface area contributed by atoms with Gasteiger partial charge in [-0.05, 0) is 0 Å². The van der Waals surface area contributed by atoms with Crippen LogP contribution in [0.2, 0.25) is 0 Å². The Bertz CT molecular complexity index is 441. The van der Waals surface area contributed by atoms with Crippen LogP contribution in [-0.4, -0.2) is 21.8 Å². The number of anilines is 2. The molecule has 0 aromatic heterocycles. The van der Waals surface area contributed by atoms with Gasteiger partial charge in [0.2, 0.25) is 0 Å². The van der Waals surface area contributed by atoms with Crippen molar-refractivity contribution < 1.29 is 14.8 Å². The van der Waals surface area contributed by atoms with Crippen molar-refractivity contribution in [2.45, 2.75) is 11.3 Å². The smallest absolute Gasteiger partial charge is 0.304 e. The monoisotopic (exact) mass is 257 g/mol. The summed E-state index contributed by atoms with van der Waals surface area (Å²) in [5.74, 6) is -0.613. The lowest BCUT2D eigenvalue weighted by Gasteiger charge is -2.07. The summed E-state index contributed by atoms with van der Waals surface area (Å²) in [6.07, 6.45) is -0.0272.